The highest BCUT2D eigenvalue weighted by Crippen LogP contribution is 2.37. The van der Waals surface area contributed by atoms with Gasteiger partial charge in [-0.3, -0.25) is 15.0 Å². The lowest BCUT2D eigenvalue weighted by Crippen LogP contribution is -2.53. The number of rotatable bonds is 6. The predicted molar refractivity (Wildman–Crippen MR) is 110 cm³/mol. The summed E-state index contributed by atoms with van der Waals surface area (Å²) in [7, 11) is -2.05. The highest BCUT2D eigenvalue weighted by atomic mass is 28.4. The third-order valence-corrected chi connectivity index (χ3v) is 9.74. The average molecular weight is 417 g/mol. The summed E-state index contributed by atoms with van der Waals surface area (Å²) in [6, 6.07) is -0.436. The molecule has 0 saturated heterocycles. The molecule has 2 atom stereocenters. The van der Waals surface area contributed by atoms with Crippen molar-refractivity contribution in [3.63, 3.8) is 0 Å². The number of hydrogen-bond donors (Lipinski definition) is 1. The number of carbonyl (C=O) groups excluding carboxylic acids is 1. The highest BCUT2D eigenvalue weighted by Gasteiger charge is 2.40. The van der Waals surface area contributed by atoms with Crippen molar-refractivity contribution in [2.45, 2.75) is 83.8 Å². The molecule has 162 valence electrons. The summed E-state index contributed by atoms with van der Waals surface area (Å²) in [6.07, 6.45) is 0.401. The Morgan fingerprint density at radius 1 is 1.32 bits per heavy atom. The minimum atomic E-state index is -2.05. The smallest absolute Gasteiger partial charge is 0.410 e. The zero-order valence-corrected chi connectivity index (χ0v) is 19.4. The Morgan fingerprint density at radius 3 is 2.36 bits per heavy atom. The molecule has 0 saturated carbocycles. The normalized spacial score (nSPS) is 21.3. The van der Waals surface area contributed by atoms with Crippen LogP contribution in [0, 0.1) is 10.1 Å². The largest absolute Gasteiger partial charge is 0.444 e. The van der Waals surface area contributed by atoms with Gasteiger partial charge in [0.2, 0.25) is 6.54 Å². The maximum Gasteiger partial charge on any atom is 0.410 e. The van der Waals surface area contributed by atoms with Crippen LogP contribution in [0.1, 0.15) is 48.0 Å². The van der Waals surface area contributed by atoms with Crippen LogP contribution < -0.4 is 0 Å². The monoisotopic (exact) mass is 416 g/mol. The van der Waals surface area contributed by atoms with Gasteiger partial charge in [0.15, 0.2) is 8.32 Å². The first-order valence-corrected chi connectivity index (χ1v) is 12.6. The molecule has 8 nitrogen and oxygen atoms in total. The molecular weight excluding hydrogens is 380 g/mol. The fourth-order valence-corrected chi connectivity index (χ4v) is 3.56. The van der Waals surface area contributed by atoms with Gasteiger partial charge in [0.05, 0.1) is 25.3 Å². The van der Waals surface area contributed by atoms with Gasteiger partial charge in [-0.1, -0.05) is 26.8 Å². The van der Waals surface area contributed by atoms with Gasteiger partial charge in [-0.05, 0) is 44.5 Å². The predicted octanol–water partition coefficient (Wildman–Crippen LogP) is 3.58. The van der Waals surface area contributed by atoms with Crippen LogP contribution in [0.4, 0.5) is 4.79 Å². The van der Waals surface area contributed by atoms with Crippen LogP contribution in [0.2, 0.25) is 18.1 Å². The number of hydrogen-bond acceptors (Lipinski definition) is 6. The lowest BCUT2D eigenvalue weighted by Gasteiger charge is -2.41. The first kappa shape index (κ1) is 24.6. The number of ether oxygens (including phenoxy) is 1. The van der Waals surface area contributed by atoms with Crippen molar-refractivity contribution < 1.29 is 24.0 Å². The first-order valence-electron chi connectivity index (χ1n) is 9.67. The van der Waals surface area contributed by atoms with Crippen LogP contribution in [0.25, 0.3) is 0 Å². The molecule has 1 aliphatic rings. The maximum absolute atomic E-state index is 12.7. The quantitative estimate of drug-likeness (QED) is 0.307. The van der Waals surface area contributed by atoms with E-state index in [1.54, 1.807) is 26.8 Å². The van der Waals surface area contributed by atoms with E-state index in [1.165, 1.54) is 4.90 Å². The Labute approximate surface area is 169 Å². The molecule has 0 fully saturated rings. The summed E-state index contributed by atoms with van der Waals surface area (Å²) >= 11 is 0. The second-order valence-corrected chi connectivity index (χ2v) is 14.6. The minimum Gasteiger partial charge on any atom is -0.444 e. The van der Waals surface area contributed by atoms with Crippen LogP contribution in [-0.2, 0) is 9.16 Å². The van der Waals surface area contributed by atoms with Gasteiger partial charge < -0.3 is 14.3 Å². The fraction of sp³-hybridized carbons (Fsp3) is 0.842. The summed E-state index contributed by atoms with van der Waals surface area (Å²) < 4.78 is 11.8. The van der Waals surface area contributed by atoms with E-state index in [0.29, 0.717) is 5.57 Å². The molecule has 9 heteroatoms. The van der Waals surface area contributed by atoms with Crippen molar-refractivity contribution in [3.8, 4) is 0 Å². The van der Waals surface area contributed by atoms with E-state index in [-0.39, 0.29) is 31.2 Å². The number of β-amino-alcohol motifs (C(OH)–C–C–N with tert-alkyl or cyclic N) is 1. The van der Waals surface area contributed by atoms with Crippen molar-refractivity contribution in [1.82, 2.24) is 4.90 Å². The number of nitro groups is 1. The zero-order valence-electron chi connectivity index (χ0n) is 18.4. The van der Waals surface area contributed by atoms with Gasteiger partial charge in [0, 0.05) is 11.3 Å². The average Bonchev–Trinajstić information content (AvgIpc) is 2.49. The molecule has 1 N–H and O–H groups in total. The summed E-state index contributed by atoms with van der Waals surface area (Å²) in [5.74, 6) is 0. The van der Waals surface area contributed by atoms with Crippen molar-refractivity contribution in [3.05, 3.63) is 21.8 Å². The molecule has 1 aliphatic heterocycles. The van der Waals surface area contributed by atoms with Crippen molar-refractivity contribution in [1.29, 1.82) is 0 Å². The highest BCUT2D eigenvalue weighted by molar-refractivity contribution is 6.74. The SMILES string of the molecule is CC(C)(C)OC(=O)N1CC(O)C(CC[N+](=O)[O-])=CC1CO[Si](C)(C)C(C)(C)C. The number of aliphatic hydroxyl groups is 1. The minimum absolute atomic E-state index is 0.0100. The van der Waals surface area contributed by atoms with E-state index in [1.807, 2.05) is 0 Å². The molecule has 2 unspecified atom stereocenters. The summed E-state index contributed by atoms with van der Waals surface area (Å²) in [5.41, 5.74) is -0.0944. The third-order valence-electron chi connectivity index (χ3n) is 5.24. The molecule has 0 spiro atoms. The second-order valence-electron chi connectivity index (χ2n) is 9.84. The molecule has 0 aliphatic carbocycles. The van der Waals surface area contributed by atoms with Gasteiger partial charge in [0.1, 0.15) is 5.60 Å². The van der Waals surface area contributed by atoms with Crippen LogP contribution in [0.5, 0.6) is 0 Å². The molecule has 28 heavy (non-hydrogen) atoms. The second kappa shape index (κ2) is 8.92. The van der Waals surface area contributed by atoms with Crippen LogP contribution in [0.3, 0.4) is 0 Å². The number of nitrogens with zero attached hydrogens (tertiary/aromatic N) is 2. The summed E-state index contributed by atoms with van der Waals surface area (Å²) in [4.78, 5) is 24.4. The topological polar surface area (TPSA) is 102 Å². The molecule has 0 bridgehead atoms. The molecule has 0 aromatic rings. The van der Waals surface area contributed by atoms with E-state index in [2.05, 4.69) is 33.9 Å². The lowest BCUT2D eigenvalue weighted by molar-refractivity contribution is -0.479. The van der Waals surface area contributed by atoms with Gasteiger partial charge in [0.25, 0.3) is 0 Å². The number of aliphatic hydroxyl groups excluding tert-OH is 1. The molecule has 1 heterocycles. The van der Waals surface area contributed by atoms with E-state index >= 15 is 0 Å². The number of amides is 1. The van der Waals surface area contributed by atoms with E-state index in [9.17, 15) is 20.0 Å². The molecule has 0 aromatic carbocycles. The standard InChI is InChI=1S/C19H36N2O6Si/c1-18(2,3)27-17(23)20-12-16(22)14(9-10-21(24)25)11-15(20)13-26-28(7,8)19(4,5)6/h11,15-16,22H,9-10,12-13H2,1-8H3. The molecule has 1 rings (SSSR count). The van der Waals surface area contributed by atoms with Gasteiger partial charge >= 0.3 is 6.09 Å². The molecule has 0 aromatic heterocycles. The summed E-state index contributed by atoms with van der Waals surface area (Å²) in [6.45, 7) is 16.0. The van der Waals surface area contributed by atoms with Gasteiger partial charge in [-0.2, -0.15) is 0 Å². The Morgan fingerprint density at radius 2 is 1.89 bits per heavy atom. The van der Waals surface area contributed by atoms with Gasteiger partial charge in [-0.25, -0.2) is 4.79 Å². The Kier molecular flexibility index (Phi) is 7.83. The van der Waals surface area contributed by atoms with Crippen molar-refractivity contribution in [2.24, 2.45) is 0 Å². The maximum atomic E-state index is 12.7. The van der Waals surface area contributed by atoms with E-state index in [0.717, 1.165) is 0 Å². The van der Waals surface area contributed by atoms with Crippen LogP contribution in [-0.4, -0.2) is 66.8 Å². The Balaban J connectivity index is 3.07. The molecular formula is C19H36N2O6Si. The molecule has 1 amide bonds. The van der Waals surface area contributed by atoms with E-state index in [4.69, 9.17) is 9.16 Å². The van der Waals surface area contributed by atoms with Gasteiger partial charge in [-0.15, -0.1) is 0 Å². The van der Waals surface area contributed by atoms with Crippen LogP contribution in [0.15, 0.2) is 11.6 Å². The zero-order chi connectivity index (χ0) is 21.9. The van der Waals surface area contributed by atoms with Crippen molar-refractivity contribution in [2.75, 3.05) is 19.7 Å². The Bertz CT molecular complexity index is 607. The fourth-order valence-electron chi connectivity index (χ4n) is 2.54. The first-order chi connectivity index (χ1) is 12.5. The Hall–Kier alpha value is -1.45. The third kappa shape index (κ3) is 7.18. The number of carbonyl (C=O) groups is 1. The summed E-state index contributed by atoms with van der Waals surface area (Å²) in [5, 5.41) is 21.1. The molecule has 0 radical (unpaired) electrons. The lowest BCUT2D eigenvalue weighted by atomic mass is 9.97. The van der Waals surface area contributed by atoms with Crippen LogP contribution >= 0.6 is 0 Å². The van der Waals surface area contributed by atoms with E-state index < -0.39 is 37.1 Å². The van der Waals surface area contributed by atoms with Crippen molar-refractivity contribution >= 4 is 14.4 Å².